The summed E-state index contributed by atoms with van der Waals surface area (Å²) in [6.45, 7) is 1.74. The highest BCUT2D eigenvalue weighted by Gasteiger charge is 2.30. The van der Waals surface area contributed by atoms with E-state index in [2.05, 4.69) is 25.6 Å². The van der Waals surface area contributed by atoms with Crippen molar-refractivity contribution < 1.29 is 22.7 Å². The average Bonchev–Trinajstić information content (AvgIpc) is 3.29. The van der Waals surface area contributed by atoms with E-state index in [0.29, 0.717) is 29.0 Å². The number of carbonyl (C=O) groups is 1. The Morgan fingerprint density at radius 1 is 1.00 bits per heavy atom. The van der Waals surface area contributed by atoms with E-state index in [1.165, 1.54) is 12.1 Å². The molecule has 0 radical (unpaired) electrons. The van der Waals surface area contributed by atoms with Crippen LogP contribution in [0.15, 0.2) is 73.3 Å². The molecule has 0 fully saturated rings. The first-order chi connectivity index (χ1) is 15.8. The molecule has 0 saturated heterocycles. The number of nitrogens with zero attached hydrogens (tertiary/aromatic N) is 4. The van der Waals surface area contributed by atoms with Crippen molar-refractivity contribution in [2.75, 3.05) is 10.6 Å². The van der Waals surface area contributed by atoms with Gasteiger partial charge in [0, 0.05) is 29.8 Å². The molecule has 2 amide bonds. The number of hydrogen-bond donors (Lipinski definition) is 2. The summed E-state index contributed by atoms with van der Waals surface area (Å²) in [4.78, 5) is 24.7. The summed E-state index contributed by atoms with van der Waals surface area (Å²) in [5.41, 5.74) is -0.405. The van der Waals surface area contributed by atoms with E-state index >= 15 is 0 Å². The van der Waals surface area contributed by atoms with Crippen molar-refractivity contribution in [3.05, 3.63) is 84.7 Å². The molecule has 2 heterocycles. The number of nitrogens with one attached hydrogen (secondary N) is 2. The standard InChI is InChI=1S/C22H17F3N6O2/c1-14-27-19(31-10-9-26-13-31)12-20(28-14)33-18-7-5-16(6-8-18)29-21(32)30-17-4-2-3-15(11-17)22(23,24)25/h2-13H,1H3,(H2,29,30,32). The van der Waals surface area contributed by atoms with E-state index in [0.717, 1.165) is 12.1 Å². The minimum Gasteiger partial charge on any atom is -0.439 e. The van der Waals surface area contributed by atoms with Crippen LogP contribution >= 0.6 is 0 Å². The highest BCUT2D eigenvalue weighted by molar-refractivity contribution is 5.99. The number of carbonyl (C=O) groups excluding carboxylic acids is 1. The van der Waals surface area contributed by atoms with Crippen LogP contribution in [0.4, 0.5) is 29.3 Å². The molecular formula is C22H17F3N6O2. The normalized spacial score (nSPS) is 11.2. The van der Waals surface area contributed by atoms with Crippen molar-refractivity contribution >= 4 is 17.4 Å². The van der Waals surface area contributed by atoms with Crippen molar-refractivity contribution in [1.29, 1.82) is 0 Å². The van der Waals surface area contributed by atoms with E-state index in [9.17, 15) is 18.0 Å². The number of halogens is 3. The minimum absolute atomic E-state index is 0.0232. The Labute approximate surface area is 186 Å². The van der Waals surface area contributed by atoms with Gasteiger partial charge in [-0.2, -0.15) is 18.2 Å². The molecule has 0 spiro atoms. The summed E-state index contributed by atoms with van der Waals surface area (Å²) in [6.07, 6.45) is 0.492. The van der Waals surface area contributed by atoms with Gasteiger partial charge in [-0.05, 0) is 49.4 Å². The number of aryl methyl sites for hydroxylation is 1. The van der Waals surface area contributed by atoms with Crippen LogP contribution in [0.25, 0.3) is 5.82 Å². The molecule has 0 unspecified atom stereocenters. The number of ether oxygens (including phenoxy) is 1. The van der Waals surface area contributed by atoms with E-state index in [-0.39, 0.29) is 5.69 Å². The molecule has 4 rings (SSSR count). The van der Waals surface area contributed by atoms with Gasteiger partial charge < -0.3 is 15.4 Å². The predicted molar refractivity (Wildman–Crippen MR) is 114 cm³/mol. The summed E-state index contributed by atoms with van der Waals surface area (Å²) < 4.78 is 45.9. The molecule has 2 N–H and O–H groups in total. The van der Waals surface area contributed by atoms with Gasteiger partial charge in [0.05, 0.1) is 5.56 Å². The number of rotatable bonds is 5. The van der Waals surface area contributed by atoms with Gasteiger partial charge in [0.25, 0.3) is 0 Å². The second-order valence-corrected chi connectivity index (χ2v) is 6.87. The van der Waals surface area contributed by atoms with Crippen molar-refractivity contribution in [3.63, 3.8) is 0 Å². The number of urea groups is 1. The summed E-state index contributed by atoms with van der Waals surface area (Å²) in [5, 5.41) is 4.93. The van der Waals surface area contributed by atoms with Crippen LogP contribution in [0.3, 0.4) is 0 Å². The Morgan fingerprint density at radius 2 is 1.76 bits per heavy atom. The maximum absolute atomic E-state index is 12.8. The molecule has 0 aliphatic rings. The van der Waals surface area contributed by atoms with Crippen molar-refractivity contribution in [1.82, 2.24) is 19.5 Å². The maximum atomic E-state index is 12.8. The zero-order valence-corrected chi connectivity index (χ0v) is 17.2. The third-order valence-corrected chi connectivity index (χ3v) is 4.35. The summed E-state index contributed by atoms with van der Waals surface area (Å²) in [7, 11) is 0. The van der Waals surface area contributed by atoms with Crippen LogP contribution < -0.4 is 15.4 Å². The first-order valence-electron chi connectivity index (χ1n) is 9.63. The van der Waals surface area contributed by atoms with Crippen LogP contribution in [-0.2, 0) is 6.18 Å². The monoisotopic (exact) mass is 454 g/mol. The molecule has 0 aliphatic carbocycles. The first-order valence-corrected chi connectivity index (χ1v) is 9.63. The third kappa shape index (κ3) is 5.64. The lowest BCUT2D eigenvalue weighted by Gasteiger charge is -2.11. The minimum atomic E-state index is -4.49. The molecule has 0 aliphatic heterocycles. The van der Waals surface area contributed by atoms with Gasteiger partial charge in [-0.3, -0.25) is 4.57 Å². The molecule has 0 saturated carbocycles. The number of hydrogen-bond acceptors (Lipinski definition) is 5. The zero-order valence-electron chi connectivity index (χ0n) is 17.2. The lowest BCUT2D eigenvalue weighted by atomic mass is 10.2. The van der Waals surface area contributed by atoms with Crippen LogP contribution in [0.2, 0.25) is 0 Å². The molecule has 168 valence electrons. The molecule has 2 aromatic carbocycles. The lowest BCUT2D eigenvalue weighted by Crippen LogP contribution is -2.19. The topological polar surface area (TPSA) is 94.0 Å². The van der Waals surface area contributed by atoms with Gasteiger partial charge >= 0.3 is 12.2 Å². The van der Waals surface area contributed by atoms with Crippen LogP contribution in [0.1, 0.15) is 11.4 Å². The predicted octanol–water partition coefficient (Wildman–Crippen LogP) is 5.43. The number of benzene rings is 2. The molecule has 8 nitrogen and oxygen atoms in total. The molecule has 0 atom stereocenters. The Balaban J connectivity index is 1.39. The number of amides is 2. The van der Waals surface area contributed by atoms with E-state index in [1.54, 1.807) is 60.5 Å². The smallest absolute Gasteiger partial charge is 0.416 e. The Bertz CT molecular complexity index is 1260. The van der Waals surface area contributed by atoms with Gasteiger partial charge in [-0.1, -0.05) is 6.07 Å². The molecule has 33 heavy (non-hydrogen) atoms. The fourth-order valence-corrected chi connectivity index (χ4v) is 2.90. The van der Waals surface area contributed by atoms with Gasteiger partial charge in [-0.15, -0.1) is 0 Å². The van der Waals surface area contributed by atoms with Gasteiger partial charge in [0.1, 0.15) is 23.7 Å². The van der Waals surface area contributed by atoms with Crippen molar-refractivity contribution in [3.8, 4) is 17.4 Å². The second kappa shape index (κ2) is 8.99. The fraction of sp³-hybridized carbons (Fsp3) is 0.0909. The lowest BCUT2D eigenvalue weighted by molar-refractivity contribution is -0.137. The van der Waals surface area contributed by atoms with E-state index in [1.807, 2.05) is 0 Å². The van der Waals surface area contributed by atoms with Crippen LogP contribution in [0.5, 0.6) is 11.6 Å². The fourth-order valence-electron chi connectivity index (χ4n) is 2.90. The Kier molecular flexibility index (Phi) is 5.94. The maximum Gasteiger partial charge on any atom is 0.416 e. The molecule has 2 aromatic heterocycles. The van der Waals surface area contributed by atoms with Crippen LogP contribution in [0, 0.1) is 6.92 Å². The van der Waals surface area contributed by atoms with Crippen molar-refractivity contribution in [2.24, 2.45) is 0 Å². The number of anilines is 2. The number of alkyl halides is 3. The average molecular weight is 454 g/mol. The molecule has 0 bridgehead atoms. The Hall–Kier alpha value is -4.41. The van der Waals surface area contributed by atoms with E-state index in [4.69, 9.17) is 4.74 Å². The largest absolute Gasteiger partial charge is 0.439 e. The van der Waals surface area contributed by atoms with Gasteiger partial charge in [0.2, 0.25) is 5.88 Å². The highest BCUT2D eigenvalue weighted by Crippen LogP contribution is 2.30. The number of imidazole rings is 1. The number of aromatic nitrogens is 4. The van der Waals surface area contributed by atoms with Gasteiger partial charge in [0.15, 0.2) is 0 Å². The van der Waals surface area contributed by atoms with Gasteiger partial charge in [-0.25, -0.2) is 14.8 Å². The third-order valence-electron chi connectivity index (χ3n) is 4.35. The Morgan fingerprint density at radius 3 is 2.45 bits per heavy atom. The summed E-state index contributed by atoms with van der Waals surface area (Å²) in [5.74, 6) is 1.91. The second-order valence-electron chi connectivity index (χ2n) is 6.87. The molecule has 11 heteroatoms. The van der Waals surface area contributed by atoms with Crippen LogP contribution in [-0.4, -0.2) is 25.6 Å². The highest BCUT2D eigenvalue weighted by atomic mass is 19.4. The molecule has 4 aromatic rings. The first kappa shape index (κ1) is 21.8. The zero-order chi connectivity index (χ0) is 23.4. The van der Waals surface area contributed by atoms with Crippen molar-refractivity contribution in [2.45, 2.75) is 13.1 Å². The molecular weight excluding hydrogens is 437 g/mol. The summed E-state index contributed by atoms with van der Waals surface area (Å²) >= 11 is 0. The SMILES string of the molecule is Cc1nc(Oc2ccc(NC(=O)Nc3cccc(C(F)(F)F)c3)cc2)cc(-n2ccnc2)n1. The van der Waals surface area contributed by atoms with E-state index < -0.39 is 17.8 Å². The summed E-state index contributed by atoms with van der Waals surface area (Å²) in [6, 6.07) is 11.8. The quantitative estimate of drug-likeness (QED) is 0.420.